The van der Waals surface area contributed by atoms with Gasteiger partial charge in [0.2, 0.25) is 15.9 Å². The Hall–Kier alpha value is -1.37. The van der Waals surface area contributed by atoms with Gasteiger partial charge in [0.1, 0.15) is 0 Å². The van der Waals surface area contributed by atoms with Gasteiger partial charge in [0, 0.05) is 12.5 Å². The molecule has 0 rings (SSSR count). The third-order valence-electron chi connectivity index (χ3n) is 1.44. The molecule has 0 aromatic heterocycles. The Morgan fingerprint density at radius 1 is 1.31 bits per heavy atom. The predicted octanol–water partition coefficient (Wildman–Crippen LogP) is -0.0383. The molecule has 0 atom stereocenters. The highest BCUT2D eigenvalue weighted by atomic mass is 32.2. The van der Waals surface area contributed by atoms with E-state index in [1.807, 2.05) is 0 Å². The monoisotopic (exact) mass is 249 g/mol. The Labute approximate surface area is 94.7 Å². The second kappa shape index (κ2) is 6.26. The van der Waals surface area contributed by atoms with Crippen LogP contribution in [0.5, 0.6) is 0 Å². The topological polar surface area (TPSA) is 89.5 Å². The summed E-state index contributed by atoms with van der Waals surface area (Å²) < 4.78 is 28.8. The molecule has 7 heteroatoms. The molecule has 16 heavy (non-hydrogen) atoms. The molecule has 0 radical (unpaired) electrons. The van der Waals surface area contributed by atoms with Crippen LogP contribution in [0.1, 0.15) is 20.3 Å². The van der Waals surface area contributed by atoms with Crippen LogP contribution in [-0.2, 0) is 24.3 Å². The zero-order valence-corrected chi connectivity index (χ0v) is 10.1. The lowest BCUT2D eigenvalue weighted by atomic mass is 10.4. The van der Waals surface area contributed by atoms with Crippen molar-refractivity contribution in [3.63, 3.8) is 0 Å². The van der Waals surface area contributed by atoms with Gasteiger partial charge in [-0.3, -0.25) is 9.52 Å². The van der Waals surface area contributed by atoms with Crippen LogP contribution in [0.15, 0.2) is 12.2 Å². The van der Waals surface area contributed by atoms with E-state index >= 15 is 0 Å². The fourth-order valence-electron chi connectivity index (χ4n) is 0.807. The Morgan fingerprint density at radius 3 is 2.31 bits per heavy atom. The van der Waals surface area contributed by atoms with Crippen LogP contribution in [0.2, 0.25) is 0 Å². The molecule has 0 unspecified atom stereocenters. The Morgan fingerprint density at radius 2 is 1.88 bits per heavy atom. The molecular formula is C9H15NO5S. The molecular weight excluding hydrogens is 234 g/mol. The van der Waals surface area contributed by atoms with Crippen molar-refractivity contribution in [2.45, 2.75) is 20.3 Å². The first kappa shape index (κ1) is 14.6. The van der Waals surface area contributed by atoms with E-state index in [2.05, 4.69) is 11.3 Å². The minimum absolute atomic E-state index is 0.0233. The molecule has 0 aromatic carbocycles. The van der Waals surface area contributed by atoms with Crippen LogP contribution in [0.4, 0.5) is 0 Å². The summed E-state index contributed by atoms with van der Waals surface area (Å²) in [6, 6.07) is 0. The standard InChI is InChI=1S/C9H15NO5S/c1-7(2)9(12)15-5-4-6-16(13,14)10-8(3)11/h1,4-6H2,2-3H3,(H,10,11). The van der Waals surface area contributed by atoms with Crippen molar-refractivity contribution in [3.8, 4) is 0 Å². The first-order valence-electron chi connectivity index (χ1n) is 4.58. The highest BCUT2D eigenvalue weighted by Gasteiger charge is 2.11. The molecule has 0 aliphatic heterocycles. The average molecular weight is 249 g/mol. The number of rotatable bonds is 6. The molecule has 0 saturated carbocycles. The summed E-state index contributed by atoms with van der Waals surface area (Å²) in [5.41, 5.74) is 0.254. The molecule has 1 N–H and O–H groups in total. The lowest BCUT2D eigenvalue weighted by Crippen LogP contribution is -2.30. The van der Waals surface area contributed by atoms with E-state index in [-0.39, 0.29) is 24.4 Å². The van der Waals surface area contributed by atoms with Crippen LogP contribution >= 0.6 is 0 Å². The molecule has 6 nitrogen and oxygen atoms in total. The molecule has 0 aliphatic rings. The lowest BCUT2D eigenvalue weighted by molar-refractivity contribution is -0.138. The molecule has 0 spiro atoms. The second-order valence-corrected chi connectivity index (χ2v) is 5.09. The summed E-state index contributed by atoms with van der Waals surface area (Å²) in [5.74, 6) is -1.47. The molecule has 0 aliphatic carbocycles. The minimum atomic E-state index is -3.61. The number of esters is 1. The summed E-state index contributed by atoms with van der Waals surface area (Å²) in [6.45, 7) is 5.95. The van der Waals surface area contributed by atoms with Crippen LogP contribution in [0.3, 0.4) is 0 Å². The summed E-state index contributed by atoms with van der Waals surface area (Å²) in [7, 11) is -3.61. The fraction of sp³-hybridized carbons (Fsp3) is 0.556. The number of ether oxygens (including phenoxy) is 1. The number of hydrogen-bond donors (Lipinski definition) is 1. The fourth-order valence-corrected chi connectivity index (χ4v) is 1.84. The average Bonchev–Trinajstić information content (AvgIpc) is 2.09. The van der Waals surface area contributed by atoms with E-state index in [9.17, 15) is 18.0 Å². The normalized spacial score (nSPS) is 10.6. The van der Waals surface area contributed by atoms with Crippen molar-refractivity contribution in [2.75, 3.05) is 12.4 Å². The maximum Gasteiger partial charge on any atom is 0.333 e. The van der Waals surface area contributed by atoms with Crippen molar-refractivity contribution in [3.05, 3.63) is 12.2 Å². The number of hydrogen-bond acceptors (Lipinski definition) is 5. The van der Waals surface area contributed by atoms with E-state index in [0.29, 0.717) is 0 Å². The maximum absolute atomic E-state index is 11.1. The van der Waals surface area contributed by atoms with Crippen LogP contribution in [-0.4, -0.2) is 32.7 Å². The van der Waals surface area contributed by atoms with Gasteiger partial charge < -0.3 is 4.74 Å². The molecule has 0 heterocycles. The number of carbonyl (C=O) groups excluding carboxylic acids is 2. The summed E-state index contributed by atoms with van der Waals surface area (Å²) in [6.07, 6.45) is 0.127. The lowest BCUT2D eigenvalue weighted by Gasteiger charge is -2.05. The Balaban J connectivity index is 3.87. The van der Waals surface area contributed by atoms with Crippen LogP contribution in [0.25, 0.3) is 0 Å². The quantitative estimate of drug-likeness (QED) is 0.405. The van der Waals surface area contributed by atoms with E-state index < -0.39 is 21.9 Å². The highest BCUT2D eigenvalue weighted by molar-refractivity contribution is 7.90. The summed E-state index contributed by atoms with van der Waals surface area (Å²) in [4.78, 5) is 21.4. The number of sulfonamides is 1. The van der Waals surface area contributed by atoms with Gasteiger partial charge in [-0.2, -0.15) is 0 Å². The zero-order chi connectivity index (χ0) is 12.8. The van der Waals surface area contributed by atoms with Crippen LogP contribution in [0, 0.1) is 0 Å². The smallest absolute Gasteiger partial charge is 0.333 e. The SMILES string of the molecule is C=C(C)C(=O)OCCCS(=O)(=O)NC(C)=O. The molecule has 0 aromatic rings. The number of nitrogens with one attached hydrogen (secondary N) is 1. The van der Waals surface area contributed by atoms with Crippen molar-refractivity contribution in [2.24, 2.45) is 0 Å². The van der Waals surface area contributed by atoms with Gasteiger partial charge in [-0.15, -0.1) is 0 Å². The van der Waals surface area contributed by atoms with Crippen molar-refractivity contribution in [1.29, 1.82) is 0 Å². The van der Waals surface area contributed by atoms with Gasteiger partial charge in [-0.25, -0.2) is 13.2 Å². The Bertz CT molecular complexity index is 385. The number of carbonyl (C=O) groups is 2. The van der Waals surface area contributed by atoms with Gasteiger partial charge >= 0.3 is 5.97 Å². The second-order valence-electron chi connectivity index (χ2n) is 3.25. The van der Waals surface area contributed by atoms with E-state index in [0.717, 1.165) is 6.92 Å². The molecule has 1 amide bonds. The van der Waals surface area contributed by atoms with Gasteiger partial charge in [0.25, 0.3) is 0 Å². The molecule has 0 saturated heterocycles. The largest absolute Gasteiger partial charge is 0.462 e. The minimum Gasteiger partial charge on any atom is -0.462 e. The van der Waals surface area contributed by atoms with Crippen molar-refractivity contribution in [1.82, 2.24) is 4.72 Å². The zero-order valence-electron chi connectivity index (χ0n) is 9.28. The predicted molar refractivity (Wildman–Crippen MR) is 58.0 cm³/mol. The molecule has 92 valence electrons. The summed E-state index contributed by atoms with van der Waals surface area (Å²) >= 11 is 0. The third kappa shape index (κ3) is 6.99. The Kier molecular flexibility index (Phi) is 5.73. The van der Waals surface area contributed by atoms with Gasteiger partial charge in [0.15, 0.2) is 0 Å². The van der Waals surface area contributed by atoms with Gasteiger partial charge in [-0.1, -0.05) is 6.58 Å². The van der Waals surface area contributed by atoms with Gasteiger partial charge in [0.05, 0.1) is 12.4 Å². The third-order valence-corrected chi connectivity index (χ3v) is 2.86. The van der Waals surface area contributed by atoms with Gasteiger partial charge in [-0.05, 0) is 13.3 Å². The van der Waals surface area contributed by atoms with E-state index in [4.69, 9.17) is 0 Å². The van der Waals surface area contributed by atoms with E-state index in [1.54, 1.807) is 4.72 Å². The van der Waals surface area contributed by atoms with E-state index in [1.165, 1.54) is 6.92 Å². The molecule has 0 fully saturated rings. The highest BCUT2D eigenvalue weighted by Crippen LogP contribution is 1.95. The van der Waals surface area contributed by atoms with Crippen molar-refractivity contribution >= 4 is 21.9 Å². The first-order valence-corrected chi connectivity index (χ1v) is 6.23. The number of amides is 1. The van der Waals surface area contributed by atoms with Crippen molar-refractivity contribution < 1.29 is 22.7 Å². The maximum atomic E-state index is 11.1. The molecule has 0 bridgehead atoms. The summed E-state index contributed by atoms with van der Waals surface area (Å²) in [5, 5.41) is 0. The first-order chi connectivity index (χ1) is 7.24. The van der Waals surface area contributed by atoms with Crippen LogP contribution < -0.4 is 4.72 Å².